The summed E-state index contributed by atoms with van der Waals surface area (Å²) < 4.78 is 14.3. The van der Waals surface area contributed by atoms with Gasteiger partial charge in [0.1, 0.15) is 5.49 Å². The van der Waals surface area contributed by atoms with Crippen LogP contribution in [0.3, 0.4) is 0 Å². The predicted molar refractivity (Wildman–Crippen MR) is 91.8 cm³/mol. The quantitative estimate of drug-likeness (QED) is 0.411. The first-order valence-corrected chi connectivity index (χ1v) is 8.61. The van der Waals surface area contributed by atoms with Gasteiger partial charge >= 0.3 is 0 Å². The van der Waals surface area contributed by atoms with Gasteiger partial charge in [-0.3, -0.25) is 10.0 Å². The number of aliphatic hydroxyl groups excluding tert-OH is 1. The minimum absolute atomic E-state index is 0.0268. The number of fused-ring (bicyclic) bond motifs is 1. The minimum Gasteiger partial charge on any atom is -0.391 e. The van der Waals surface area contributed by atoms with Gasteiger partial charge in [0.15, 0.2) is 17.5 Å². The summed E-state index contributed by atoms with van der Waals surface area (Å²) in [6.07, 6.45) is 6.29. The number of rotatable bonds is 3. The minimum atomic E-state index is -0.626. The molecule has 3 heterocycles. The lowest BCUT2D eigenvalue weighted by Crippen LogP contribution is -2.46. The molecule has 2 aliphatic rings. The monoisotopic (exact) mass is 364 g/mol. The molecule has 0 amide bonds. The number of hydrogen-bond acceptors (Lipinski definition) is 6. The van der Waals surface area contributed by atoms with Crippen molar-refractivity contribution in [3.8, 4) is 11.4 Å². The summed E-state index contributed by atoms with van der Waals surface area (Å²) in [5.74, 6) is 5.74. The fourth-order valence-corrected chi connectivity index (χ4v) is 3.59. The number of halogens is 2. The number of nitrogens with one attached hydrogen (secondary N) is 1. The first kappa shape index (κ1) is 16.4. The summed E-state index contributed by atoms with van der Waals surface area (Å²) in [6, 6.07) is -0.355. The number of aliphatic hydroxyl groups is 1. The zero-order chi connectivity index (χ0) is 17.6. The van der Waals surface area contributed by atoms with E-state index in [0.717, 1.165) is 17.8 Å². The molecule has 4 rings (SSSR count). The standard InChI is InChI=1S/C16H18ClFN6O/c17-8-4-9-10(6-21-14(9)20-5-8)15-22-7-11(18)16(23-15)24(19)12-2-1-3-13(12)25/h4,6-8,12-13,25H,1-3,5,19H2,(H,20,21). The van der Waals surface area contributed by atoms with Gasteiger partial charge in [-0.15, -0.1) is 11.6 Å². The van der Waals surface area contributed by atoms with E-state index in [-0.39, 0.29) is 17.2 Å². The van der Waals surface area contributed by atoms with E-state index in [9.17, 15) is 9.50 Å². The zero-order valence-corrected chi connectivity index (χ0v) is 14.1. The Morgan fingerprint density at radius 1 is 1.40 bits per heavy atom. The Balaban J connectivity index is 1.76. The number of aromatic amines is 1. The number of hydrogen-bond donors (Lipinski definition) is 3. The normalized spacial score (nSPS) is 25.2. The van der Waals surface area contributed by atoms with Crippen LogP contribution in [-0.4, -0.2) is 44.1 Å². The van der Waals surface area contributed by atoms with Crippen LogP contribution >= 0.6 is 11.6 Å². The van der Waals surface area contributed by atoms with Gasteiger partial charge in [0.05, 0.1) is 30.3 Å². The molecule has 2 aromatic rings. The van der Waals surface area contributed by atoms with E-state index in [1.54, 1.807) is 6.20 Å². The van der Waals surface area contributed by atoms with Crippen LogP contribution in [0, 0.1) is 5.82 Å². The summed E-state index contributed by atoms with van der Waals surface area (Å²) in [7, 11) is 0. The molecule has 0 bridgehead atoms. The van der Waals surface area contributed by atoms with Crippen molar-refractivity contribution in [1.29, 1.82) is 0 Å². The first-order valence-electron chi connectivity index (χ1n) is 8.17. The molecule has 1 aliphatic carbocycles. The van der Waals surface area contributed by atoms with Crippen LogP contribution in [-0.2, 0) is 0 Å². The molecule has 0 saturated heterocycles. The Morgan fingerprint density at radius 3 is 3.00 bits per heavy atom. The zero-order valence-electron chi connectivity index (χ0n) is 13.4. The van der Waals surface area contributed by atoms with Crippen molar-refractivity contribution in [3.63, 3.8) is 0 Å². The van der Waals surface area contributed by atoms with Crippen LogP contribution < -0.4 is 21.6 Å². The van der Waals surface area contributed by atoms with Crippen molar-refractivity contribution in [1.82, 2.24) is 15.0 Å². The first-order chi connectivity index (χ1) is 12.0. The molecule has 3 unspecified atom stereocenters. The highest BCUT2D eigenvalue weighted by molar-refractivity contribution is 6.24. The van der Waals surface area contributed by atoms with E-state index in [4.69, 9.17) is 17.4 Å². The molecule has 0 aromatic carbocycles. The summed E-state index contributed by atoms with van der Waals surface area (Å²) in [4.78, 5) is 15.8. The average Bonchev–Trinajstić information content (AvgIpc) is 3.20. The predicted octanol–water partition coefficient (Wildman–Crippen LogP) is 0.225. The third-order valence-electron chi connectivity index (χ3n) is 4.68. The van der Waals surface area contributed by atoms with E-state index in [1.165, 1.54) is 5.01 Å². The fraction of sp³-hybridized carbons (Fsp3) is 0.438. The van der Waals surface area contributed by atoms with Crippen LogP contribution in [0.25, 0.3) is 17.5 Å². The molecular formula is C16H18ClFN6O. The van der Waals surface area contributed by atoms with Crippen molar-refractivity contribution >= 4 is 23.5 Å². The van der Waals surface area contributed by atoms with E-state index < -0.39 is 11.9 Å². The van der Waals surface area contributed by atoms with Crippen molar-refractivity contribution in [2.75, 3.05) is 11.6 Å². The van der Waals surface area contributed by atoms with E-state index >= 15 is 0 Å². The molecule has 25 heavy (non-hydrogen) atoms. The molecule has 0 radical (unpaired) electrons. The summed E-state index contributed by atoms with van der Waals surface area (Å²) in [6.45, 7) is 0.500. The topological polar surface area (TPSA) is 103 Å². The van der Waals surface area contributed by atoms with Crippen LogP contribution in [0.15, 0.2) is 17.4 Å². The highest BCUT2D eigenvalue weighted by atomic mass is 35.5. The number of alkyl halides is 1. The van der Waals surface area contributed by atoms with Gasteiger partial charge in [-0.2, -0.15) is 0 Å². The van der Waals surface area contributed by atoms with Crippen LogP contribution in [0.4, 0.5) is 10.2 Å². The molecule has 3 atom stereocenters. The fourth-order valence-electron chi connectivity index (χ4n) is 3.39. The van der Waals surface area contributed by atoms with Crippen LogP contribution in [0.1, 0.15) is 19.3 Å². The maximum absolute atomic E-state index is 14.3. The molecule has 1 fully saturated rings. The maximum atomic E-state index is 14.3. The molecule has 2 aromatic heterocycles. The second kappa shape index (κ2) is 6.36. The highest BCUT2D eigenvalue weighted by Gasteiger charge is 2.32. The van der Waals surface area contributed by atoms with Crippen molar-refractivity contribution in [2.45, 2.75) is 36.8 Å². The third-order valence-corrected chi connectivity index (χ3v) is 4.95. The van der Waals surface area contributed by atoms with Crippen LogP contribution in [0.2, 0.25) is 0 Å². The third kappa shape index (κ3) is 2.90. The number of nitrogens with two attached hydrogens (primary N) is 1. The van der Waals surface area contributed by atoms with E-state index in [1.807, 2.05) is 6.08 Å². The molecule has 0 spiro atoms. The summed E-state index contributed by atoms with van der Waals surface area (Å²) >= 11 is 6.15. The SMILES string of the molecule is NN(c1nc(-c2c[nH]c3c2=CC(Cl)CN=3)ncc1F)C1CCCC1O. The van der Waals surface area contributed by atoms with Crippen LogP contribution in [0.5, 0.6) is 0 Å². The van der Waals surface area contributed by atoms with Gasteiger partial charge < -0.3 is 10.1 Å². The van der Waals surface area contributed by atoms with E-state index in [0.29, 0.717) is 36.3 Å². The van der Waals surface area contributed by atoms with Gasteiger partial charge in [-0.05, 0) is 19.3 Å². The maximum Gasteiger partial charge on any atom is 0.185 e. The van der Waals surface area contributed by atoms with Gasteiger partial charge in [0.25, 0.3) is 0 Å². The van der Waals surface area contributed by atoms with Gasteiger partial charge in [-0.25, -0.2) is 20.2 Å². The molecule has 9 heteroatoms. The van der Waals surface area contributed by atoms with Gasteiger partial charge in [0, 0.05) is 17.0 Å². The van der Waals surface area contributed by atoms with Crippen molar-refractivity contribution in [2.24, 2.45) is 10.8 Å². The number of H-pyrrole nitrogens is 1. The second-order valence-corrected chi connectivity index (χ2v) is 6.89. The largest absolute Gasteiger partial charge is 0.391 e. The van der Waals surface area contributed by atoms with Crippen molar-refractivity contribution in [3.05, 3.63) is 28.9 Å². The Hall–Kier alpha value is -2.03. The number of anilines is 1. The molecule has 1 aliphatic heterocycles. The average molecular weight is 365 g/mol. The Labute approximate surface area is 148 Å². The summed E-state index contributed by atoms with van der Waals surface area (Å²) in [5.41, 5.74) is 1.39. The lowest BCUT2D eigenvalue weighted by molar-refractivity contribution is 0.160. The Kier molecular flexibility index (Phi) is 4.18. The molecule has 1 saturated carbocycles. The van der Waals surface area contributed by atoms with Gasteiger partial charge in [-0.1, -0.05) is 6.08 Å². The number of nitrogens with zero attached hydrogens (tertiary/aromatic N) is 4. The highest BCUT2D eigenvalue weighted by Crippen LogP contribution is 2.27. The number of aromatic nitrogens is 3. The molecule has 7 nitrogen and oxygen atoms in total. The molecular weight excluding hydrogens is 347 g/mol. The number of hydrazine groups is 1. The van der Waals surface area contributed by atoms with E-state index in [2.05, 4.69) is 19.9 Å². The van der Waals surface area contributed by atoms with Gasteiger partial charge in [0.2, 0.25) is 0 Å². The summed E-state index contributed by atoms with van der Waals surface area (Å²) in [5, 5.41) is 11.8. The lowest BCUT2D eigenvalue weighted by Gasteiger charge is -2.27. The lowest BCUT2D eigenvalue weighted by atomic mass is 10.2. The smallest absolute Gasteiger partial charge is 0.185 e. The Bertz CT molecular complexity index is 916. The van der Waals surface area contributed by atoms with Crippen molar-refractivity contribution < 1.29 is 9.50 Å². The molecule has 132 valence electrons. The second-order valence-electron chi connectivity index (χ2n) is 6.33. The molecule has 4 N–H and O–H groups in total. The Morgan fingerprint density at radius 2 is 2.24 bits per heavy atom.